The van der Waals surface area contributed by atoms with Gasteiger partial charge in [-0.2, -0.15) is 0 Å². The molecule has 33 heavy (non-hydrogen) atoms. The van der Waals surface area contributed by atoms with E-state index >= 15 is 0 Å². The maximum absolute atomic E-state index is 13.3. The second-order valence-electron chi connectivity index (χ2n) is 9.48. The van der Waals surface area contributed by atoms with Gasteiger partial charge in [0.25, 0.3) is 0 Å². The number of aryl methyl sites for hydroxylation is 1. The number of halogens is 1. The Morgan fingerprint density at radius 3 is 2.39 bits per heavy atom. The highest BCUT2D eigenvalue weighted by Gasteiger charge is 2.28. The topological polar surface area (TPSA) is 92.4 Å². The van der Waals surface area contributed by atoms with E-state index in [1.54, 1.807) is 18.4 Å². The molecule has 1 aromatic heterocycles. The van der Waals surface area contributed by atoms with Gasteiger partial charge >= 0.3 is 5.97 Å². The van der Waals surface area contributed by atoms with E-state index in [1.807, 2.05) is 31.2 Å². The summed E-state index contributed by atoms with van der Waals surface area (Å²) >= 11 is 6.43. The molecule has 0 unspecified atom stereocenters. The number of hydrogen-bond donors (Lipinski definition) is 2. The predicted octanol–water partition coefficient (Wildman–Crippen LogP) is 4.87. The van der Waals surface area contributed by atoms with Crippen molar-refractivity contribution in [2.75, 3.05) is 0 Å². The quantitative estimate of drug-likeness (QED) is 0.445. The Kier molecular flexibility index (Phi) is 7.99. The molecule has 1 heterocycles. The molecule has 0 bridgehead atoms. The number of aliphatic hydroxyl groups is 1. The normalized spacial score (nSPS) is 18.5. The van der Waals surface area contributed by atoms with Crippen molar-refractivity contribution in [2.24, 2.45) is 11.8 Å². The summed E-state index contributed by atoms with van der Waals surface area (Å²) in [5.41, 5.74) is 1.53. The standard InChI is InChI=1S/C26H31ClN2O4/c1-17-4-6-19(7-5-17)16-29-23(21(28-25(29)27)14-15-26(2,3)33)22(30)13-10-18-8-11-20(12-9-18)24(31)32/h4-7,18,20,33H,8-13,16H2,1-3H3,(H,31,32). The number of aromatic nitrogens is 2. The van der Waals surface area contributed by atoms with Crippen LogP contribution in [0, 0.1) is 30.6 Å². The minimum absolute atomic E-state index is 0.0954. The fraction of sp³-hybridized carbons (Fsp3) is 0.500. The van der Waals surface area contributed by atoms with Crippen LogP contribution >= 0.6 is 11.6 Å². The van der Waals surface area contributed by atoms with Gasteiger partial charge in [-0.15, -0.1) is 0 Å². The van der Waals surface area contributed by atoms with E-state index in [2.05, 4.69) is 16.8 Å². The fourth-order valence-electron chi connectivity index (χ4n) is 4.18. The third kappa shape index (κ3) is 6.93. The highest BCUT2D eigenvalue weighted by molar-refractivity contribution is 6.29. The molecule has 1 aliphatic carbocycles. The molecule has 1 saturated carbocycles. The van der Waals surface area contributed by atoms with Crippen LogP contribution in [0.2, 0.25) is 5.28 Å². The molecule has 1 aliphatic rings. The molecule has 0 saturated heterocycles. The molecule has 2 aromatic rings. The maximum Gasteiger partial charge on any atom is 0.306 e. The Balaban J connectivity index is 1.82. The number of ketones is 1. The molecular weight excluding hydrogens is 440 g/mol. The van der Waals surface area contributed by atoms with E-state index in [9.17, 15) is 19.8 Å². The number of carboxylic acids is 1. The number of aliphatic carboxylic acids is 1. The molecule has 3 rings (SSSR count). The first kappa shape index (κ1) is 25.0. The van der Waals surface area contributed by atoms with Crippen LogP contribution in [0.25, 0.3) is 0 Å². The zero-order chi connectivity index (χ0) is 24.2. The third-order valence-electron chi connectivity index (χ3n) is 6.11. The van der Waals surface area contributed by atoms with Crippen LogP contribution in [0.3, 0.4) is 0 Å². The third-order valence-corrected chi connectivity index (χ3v) is 6.40. The van der Waals surface area contributed by atoms with Gasteiger partial charge in [-0.3, -0.25) is 9.59 Å². The van der Waals surface area contributed by atoms with Gasteiger partial charge in [-0.25, -0.2) is 4.98 Å². The van der Waals surface area contributed by atoms with Crippen molar-refractivity contribution >= 4 is 23.4 Å². The second kappa shape index (κ2) is 10.5. The van der Waals surface area contributed by atoms with Gasteiger partial charge in [0, 0.05) is 6.42 Å². The first-order valence-corrected chi connectivity index (χ1v) is 11.7. The predicted molar refractivity (Wildman–Crippen MR) is 127 cm³/mol. The van der Waals surface area contributed by atoms with Gasteiger partial charge in [-0.05, 0) is 81.9 Å². The number of nitrogens with zero attached hydrogens (tertiary/aromatic N) is 2. The zero-order valence-corrected chi connectivity index (χ0v) is 20.2. The number of imidazole rings is 1. The molecule has 0 aliphatic heterocycles. The minimum atomic E-state index is -1.23. The van der Waals surface area contributed by atoms with Gasteiger partial charge in [0.1, 0.15) is 17.0 Å². The molecule has 0 atom stereocenters. The van der Waals surface area contributed by atoms with Crippen molar-refractivity contribution in [2.45, 2.75) is 71.4 Å². The highest BCUT2D eigenvalue weighted by Crippen LogP contribution is 2.32. The van der Waals surface area contributed by atoms with E-state index in [4.69, 9.17) is 11.6 Å². The van der Waals surface area contributed by atoms with Gasteiger partial charge in [0.05, 0.1) is 12.5 Å². The number of rotatable bonds is 7. The van der Waals surface area contributed by atoms with Crippen LogP contribution in [0.1, 0.15) is 79.7 Å². The largest absolute Gasteiger partial charge is 0.481 e. The van der Waals surface area contributed by atoms with Crippen LogP contribution in [-0.4, -0.2) is 37.1 Å². The van der Waals surface area contributed by atoms with E-state index < -0.39 is 11.6 Å². The molecule has 0 spiro atoms. The number of carbonyl (C=O) groups is 2. The highest BCUT2D eigenvalue weighted by atomic mass is 35.5. The van der Waals surface area contributed by atoms with Gasteiger partial charge in [-0.1, -0.05) is 35.7 Å². The van der Waals surface area contributed by atoms with Crippen LogP contribution < -0.4 is 0 Å². The average molecular weight is 471 g/mol. The number of carboxylic acid groups (broad SMARTS) is 1. The minimum Gasteiger partial charge on any atom is -0.481 e. The first-order chi connectivity index (χ1) is 15.5. The molecule has 176 valence electrons. The van der Waals surface area contributed by atoms with E-state index in [1.165, 1.54) is 0 Å². The van der Waals surface area contributed by atoms with E-state index in [-0.39, 0.29) is 22.7 Å². The monoisotopic (exact) mass is 470 g/mol. The van der Waals surface area contributed by atoms with Gasteiger partial charge in [0.2, 0.25) is 5.28 Å². The average Bonchev–Trinajstić information content (AvgIpc) is 3.07. The Hall–Kier alpha value is -2.62. The summed E-state index contributed by atoms with van der Waals surface area (Å²) in [5, 5.41) is 19.4. The number of hydrogen-bond acceptors (Lipinski definition) is 4. The number of Topliss-reactive ketones (excluding diaryl/α,β-unsaturated/α-hetero) is 1. The zero-order valence-electron chi connectivity index (χ0n) is 19.4. The summed E-state index contributed by atoms with van der Waals surface area (Å²) in [6.07, 6.45) is 3.96. The van der Waals surface area contributed by atoms with Gasteiger partial charge in [0.15, 0.2) is 5.78 Å². The van der Waals surface area contributed by atoms with Crippen molar-refractivity contribution in [3.63, 3.8) is 0 Å². The molecule has 6 nitrogen and oxygen atoms in total. The lowest BCUT2D eigenvalue weighted by Gasteiger charge is -2.25. The van der Waals surface area contributed by atoms with E-state index in [0.29, 0.717) is 43.8 Å². The Morgan fingerprint density at radius 1 is 1.18 bits per heavy atom. The molecule has 1 aromatic carbocycles. The number of carbonyl (C=O) groups excluding carboxylic acids is 1. The van der Waals surface area contributed by atoms with Crippen molar-refractivity contribution < 1.29 is 19.8 Å². The molecule has 7 heteroatoms. The van der Waals surface area contributed by atoms with Crippen molar-refractivity contribution in [3.05, 3.63) is 52.1 Å². The SMILES string of the molecule is Cc1ccc(Cn2c(Cl)nc(C#CC(C)(C)O)c2C(=O)CCC2CCC(C(=O)O)CC2)cc1. The number of benzene rings is 1. The Labute approximate surface area is 200 Å². The second-order valence-corrected chi connectivity index (χ2v) is 9.81. The fourth-order valence-corrected chi connectivity index (χ4v) is 4.41. The van der Waals surface area contributed by atoms with Crippen LogP contribution in [0.5, 0.6) is 0 Å². The first-order valence-electron chi connectivity index (χ1n) is 11.4. The smallest absolute Gasteiger partial charge is 0.306 e. The summed E-state index contributed by atoms with van der Waals surface area (Å²) in [7, 11) is 0. The molecular formula is C26H31ClN2O4. The molecule has 0 radical (unpaired) electrons. The van der Waals surface area contributed by atoms with Crippen molar-refractivity contribution in [3.8, 4) is 11.8 Å². The summed E-state index contributed by atoms with van der Waals surface area (Å²) in [4.78, 5) is 28.9. The van der Waals surface area contributed by atoms with Crippen molar-refractivity contribution in [1.29, 1.82) is 0 Å². The molecule has 1 fully saturated rings. The van der Waals surface area contributed by atoms with Crippen LogP contribution in [-0.2, 0) is 11.3 Å². The van der Waals surface area contributed by atoms with E-state index in [0.717, 1.165) is 24.0 Å². The van der Waals surface area contributed by atoms with Gasteiger partial charge < -0.3 is 14.8 Å². The Bertz CT molecular complexity index is 1060. The lowest BCUT2D eigenvalue weighted by atomic mass is 9.79. The summed E-state index contributed by atoms with van der Waals surface area (Å²) in [5.74, 6) is 4.82. The summed E-state index contributed by atoms with van der Waals surface area (Å²) < 4.78 is 1.68. The maximum atomic E-state index is 13.3. The van der Waals surface area contributed by atoms with Crippen molar-refractivity contribution in [1.82, 2.24) is 9.55 Å². The Morgan fingerprint density at radius 2 is 1.82 bits per heavy atom. The molecule has 0 amide bonds. The summed E-state index contributed by atoms with van der Waals surface area (Å²) in [6, 6.07) is 7.99. The van der Waals surface area contributed by atoms with Crippen LogP contribution in [0.4, 0.5) is 0 Å². The lowest BCUT2D eigenvalue weighted by molar-refractivity contribution is -0.143. The van der Waals surface area contributed by atoms with Crippen LogP contribution in [0.15, 0.2) is 24.3 Å². The molecule has 2 N–H and O–H groups in total. The summed E-state index contributed by atoms with van der Waals surface area (Å²) in [6.45, 7) is 5.54. The lowest BCUT2D eigenvalue weighted by Crippen LogP contribution is -2.22.